The van der Waals surface area contributed by atoms with E-state index in [0.717, 1.165) is 25.1 Å². The van der Waals surface area contributed by atoms with E-state index in [1.165, 1.54) is 12.1 Å². The Balaban J connectivity index is 1.97. The van der Waals surface area contributed by atoms with Gasteiger partial charge in [0.05, 0.1) is 17.5 Å². The molecule has 1 aliphatic rings. The van der Waals surface area contributed by atoms with Crippen molar-refractivity contribution in [3.63, 3.8) is 0 Å². The molecule has 0 aliphatic carbocycles. The lowest BCUT2D eigenvalue weighted by Crippen LogP contribution is -2.52. The zero-order valence-corrected chi connectivity index (χ0v) is 18.1. The number of carbonyl (C=O) groups is 1. The van der Waals surface area contributed by atoms with E-state index in [4.69, 9.17) is 0 Å². The van der Waals surface area contributed by atoms with Crippen LogP contribution in [-0.4, -0.2) is 68.0 Å². The van der Waals surface area contributed by atoms with Crippen LogP contribution in [0.25, 0.3) is 0 Å². The summed E-state index contributed by atoms with van der Waals surface area (Å²) in [5.74, 6) is 0.696. The number of hydrogen-bond donors (Lipinski definition) is 2. The van der Waals surface area contributed by atoms with Gasteiger partial charge < -0.3 is 15.5 Å². The monoisotopic (exact) mass is 427 g/mol. The third-order valence-corrected chi connectivity index (χ3v) is 5.13. The molecule has 2 N–H and O–H groups in total. The number of alkyl halides is 3. The first-order chi connectivity index (χ1) is 14.1. The van der Waals surface area contributed by atoms with Crippen LogP contribution in [0.5, 0.6) is 0 Å². The quantitative estimate of drug-likeness (QED) is 0.541. The number of guanidine groups is 1. The number of nitrogens with zero attached hydrogens (tertiary/aromatic N) is 3. The SMILES string of the molecule is CCNC(=NCC(C)(C)C(=O)NC)N1CCN(Cc2cccc(C(F)(F)F)c2)CC1. The van der Waals surface area contributed by atoms with Gasteiger partial charge in [0.15, 0.2) is 5.96 Å². The van der Waals surface area contributed by atoms with E-state index in [0.29, 0.717) is 38.3 Å². The first-order valence-electron chi connectivity index (χ1n) is 10.2. The fraction of sp³-hybridized carbons (Fsp3) is 0.619. The molecule has 168 valence electrons. The number of aliphatic imine (C=N–C) groups is 1. The Morgan fingerprint density at radius 1 is 1.17 bits per heavy atom. The fourth-order valence-electron chi connectivity index (χ4n) is 3.33. The van der Waals surface area contributed by atoms with Gasteiger partial charge in [0, 0.05) is 46.3 Å². The van der Waals surface area contributed by atoms with Crippen molar-refractivity contribution in [3.8, 4) is 0 Å². The molecule has 1 aromatic carbocycles. The average molecular weight is 428 g/mol. The fourth-order valence-corrected chi connectivity index (χ4v) is 3.33. The van der Waals surface area contributed by atoms with Crippen LogP contribution in [0.2, 0.25) is 0 Å². The smallest absolute Gasteiger partial charge is 0.359 e. The third kappa shape index (κ3) is 6.62. The molecule has 0 saturated carbocycles. The van der Waals surface area contributed by atoms with Crippen LogP contribution in [-0.2, 0) is 17.5 Å². The molecule has 0 spiro atoms. The molecule has 1 heterocycles. The highest BCUT2D eigenvalue weighted by atomic mass is 19.4. The highest BCUT2D eigenvalue weighted by Crippen LogP contribution is 2.29. The Labute approximate surface area is 176 Å². The van der Waals surface area contributed by atoms with Crippen LogP contribution in [0.3, 0.4) is 0 Å². The highest BCUT2D eigenvalue weighted by Gasteiger charge is 2.31. The van der Waals surface area contributed by atoms with E-state index in [1.807, 2.05) is 20.8 Å². The van der Waals surface area contributed by atoms with Gasteiger partial charge in [-0.2, -0.15) is 13.2 Å². The summed E-state index contributed by atoms with van der Waals surface area (Å²) >= 11 is 0. The lowest BCUT2D eigenvalue weighted by atomic mass is 9.93. The number of nitrogens with one attached hydrogen (secondary N) is 2. The van der Waals surface area contributed by atoms with E-state index >= 15 is 0 Å². The minimum Gasteiger partial charge on any atom is -0.359 e. The molecule has 2 rings (SSSR count). The largest absolute Gasteiger partial charge is 0.416 e. The van der Waals surface area contributed by atoms with Gasteiger partial charge in [-0.3, -0.25) is 14.7 Å². The number of rotatable bonds is 6. The van der Waals surface area contributed by atoms with Crippen LogP contribution in [0.15, 0.2) is 29.3 Å². The molecule has 0 aromatic heterocycles. The molecule has 0 radical (unpaired) electrons. The van der Waals surface area contributed by atoms with Crippen molar-refractivity contribution in [3.05, 3.63) is 35.4 Å². The van der Waals surface area contributed by atoms with Gasteiger partial charge in [0.1, 0.15) is 0 Å². The van der Waals surface area contributed by atoms with Gasteiger partial charge in [0.2, 0.25) is 5.91 Å². The standard InChI is InChI=1S/C21H32F3N5O/c1-5-26-19(27-15-20(2,3)18(30)25-4)29-11-9-28(10-12-29)14-16-7-6-8-17(13-16)21(22,23)24/h6-8,13H,5,9-12,14-15H2,1-4H3,(H,25,30)(H,26,27). The first-order valence-corrected chi connectivity index (χ1v) is 10.2. The second-order valence-corrected chi connectivity index (χ2v) is 8.09. The van der Waals surface area contributed by atoms with Crippen molar-refractivity contribution in [2.24, 2.45) is 10.4 Å². The summed E-state index contributed by atoms with van der Waals surface area (Å²) in [5.41, 5.74) is -0.564. The zero-order chi connectivity index (χ0) is 22.4. The molecule has 1 amide bonds. The van der Waals surface area contributed by atoms with Crippen LogP contribution in [0.4, 0.5) is 13.2 Å². The predicted octanol–water partition coefficient (Wildman–Crippen LogP) is 2.56. The topological polar surface area (TPSA) is 60.0 Å². The van der Waals surface area contributed by atoms with Crippen LogP contribution >= 0.6 is 0 Å². The molecule has 0 atom stereocenters. The summed E-state index contributed by atoms with van der Waals surface area (Å²) < 4.78 is 38.8. The van der Waals surface area contributed by atoms with Gasteiger partial charge >= 0.3 is 6.18 Å². The van der Waals surface area contributed by atoms with Crippen LogP contribution in [0, 0.1) is 5.41 Å². The summed E-state index contributed by atoms with van der Waals surface area (Å²) in [6.07, 6.45) is -4.33. The lowest BCUT2D eigenvalue weighted by molar-refractivity contribution is -0.137. The number of piperazine rings is 1. The Bertz CT molecular complexity index is 740. The average Bonchev–Trinajstić information content (AvgIpc) is 2.70. The lowest BCUT2D eigenvalue weighted by Gasteiger charge is -2.37. The Hall–Kier alpha value is -2.29. The normalized spacial score (nSPS) is 16.5. The predicted molar refractivity (Wildman–Crippen MR) is 112 cm³/mol. The molecule has 1 saturated heterocycles. The van der Waals surface area contributed by atoms with Crippen molar-refractivity contribution in [1.29, 1.82) is 0 Å². The summed E-state index contributed by atoms with van der Waals surface area (Å²) in [7, 11) is 1.61. The van der Waals surface area contributed by atoms with E-state index < -0.39 is 17.2 Å². The summed E-state index contributed by atoms with van der Waals surface area (Å²) in [5, 5.41) is 5.93. The maximum atomic E-state index is 12.9. The van der Waals surface area contributed by atoms with E-state index in [2.05, 4.69) is 25.4 Å². The number of halogens is 3. The van der Waals surface area contributed by atoms with Crippen molar-refractivity contribution >= 4 is 11.9 Å². The number of amides is 1. The Morgan fingerprint density at radius 2 is 1.83 bits per heavy atom. The minimum atomic E-state index is -4.33. The van der Waals surface area contributed by atoms with Crippen molar-refractivity contribution in [1.82, 2.24) is 20.4 Å². The van der Waals surface area contributed by atoms with E-state index in [-0.39, 0.29) is 5.91 Å². The highest BCUT2D eigenvalue weighted by molar-refractivity contribution is 5.83. The zero-order valence-electron chi connectivity index (χ0n) is 18.1. The van der Waals surface area contributed by atoms with Crippen molar-refractivity contribution in [2.45, 2.75) is 33.5 Å². The number of hydrogen-bond acceptors (Lipinski definition) is 3. The summed E-state index contributed by atoms with van der Waals surface area (Å²) in [4.78, 5) is 20.9. The minimum absolute atomic E-state index is 0.0620. The Kier molecular flexibility index (Phi) is 8.11. The molecule has 1 aliphatic heterocycles. The van der Waals surface area contributed by atoms with Crippen molar-refractivity contribution < 1.29 is 18.0 Å². The van der Waals surface area contributed by atoms with Gasteiger partial charge in [0.25, 0.3) is 0 Å². The summed E-state index contributed by atoms with van der Waals surface area (Å²) in [6, 6.07) is 5.51. The second kappa shape index (κ2) is 10.1. The van der Waals surface area contributed by atoms with Gasteiger partial charge in [-0.25, -0.2) is 0 Å². The third-order valence-electron chi connectivity index (χ3n) is 5.13. The van der Waals surface area contributed by atoms with Crippen LogP contribution < -0.4 is 10.6 Å². The number of benzene rings is 1. The van der Waals surface area contributed by atoms with Gasteiger partial charge in [-0.05, 0) is 32.4 Å². The maximum Gasteiger partial charge on any atom is 0.416 e. The molecule has 0 bridgehead atoms. The molecular formula is C21H32F3N5O. The second-order valence-electron chi connectivity index (χ2n) is 8.09. The summed E-state index contributed by atoms with van der Waals surface area (Å²) in [6.45, 7) is 10.1. The van der Waals surface area contributed by atoms with E-state index in [1.54, 1.807) is 13.1 Å². The molecular weight excluding hydrogens is 395 g/mol. The van der Waals surface area contributed by atoms with Crippen molar-refractivity contribution in [2.75, 3.05) is 46.3 Å². The van der Waals surface area contributed by atoms with Gasteiger partial charge in [-0.1, -0.05) is 18.2 Å². The molecule has 1 aromatic rings. The van der Waals surface area contributed by atoms with Crippen LogP contribution in [0.1, 0.15) is 31.9 Å². The first kappa shape index (κ1) is 24.0. The number of carbonyl (C=O) groups excluding carboxylic acids is 1. The maximum absolute atomic E-state index is 12.9. The molecule has 9 heteroatoms. The van der Waals surface area contributed by atoms with Gasteiger partial charge in [-0.15, -0.1) is 0 Å². The van der Waals surface area contributed by atoms with E-state index in [9.17, 15) is 18.0 Å². The molecule has 6 nitrogen and oxygen atoms in total. The molecule has 30 heavy (non-hydrogen) atoms. The molecule has 1 fully saturated rings. The molecule has 0 unspecified atom stereocenters. The Morgan fingerprint density at radius 3 is 2.40 bits per heavy atom.